The molecule has 0 radical (unpaired) electrons. The van der Waals surface area contributed by atoms with E-state index in [1.54, 1.807) is 18.2 Å². The van der Waals surface area contributed by atoms with E-state index in [2.05, 4.69) is 4.98 Å². The molecule has 0 saturated heterocycles. The first-order valence-electron chi connectivity index (χ1n) is 7.74. The number of hydrogen-bond acceptors (Lipinski definition) is 5. The van der Waals surface area contributed by atoms with Crippen LogP contribution in [0.2, 0.25) is 0 Å². The molecule has 0 aliphatic heterocycles. The van der Waals surface area contributed by atoms with Crippen molar-refractivity contribution in [2.24, 2.45) is 0 Å². The molecule has 21 heavy (non-hydrogen) atoms. The van der Waals surface area contributed by atoms with E-state index in [0.29, 0.717) is 5.52 Å². The molecule has 0 bridgehead atoms. The van der Waals surface area contributed by atoms with Gasteiger partial charge in [-0.15, -0.1) is 0 Å². The van der Waals surface area contributed by atoms with E-state index in [9.17, 15) is 14.4 Å². The zero-order chi connectivity index (χ0) is 16.8. The summed E-state index contributed by atoms with van der Waals surface area (Å²) in [5.74, 6) is -0.876. The highest BCUT2D eigenvalue weighted by molar-refractivity contribution is 6.03. The SMILES string of the molecule is [2H]Cc1nc2cccc(N)c2c(=O)n1C1([2H])CCC(=O)CC1=O. The van der Waals surface area contributed by atoms with Crippen LogP contribution in [0.4, 0.5) is 5.69 Å². The third-order valence-corrected chi connectivity index (χ3v) is 3.59. The van der Waals surface area contributed by atoms with Crippen molar-refractivity contribution in [1.82, 2.24) is 9.55 Å². The van der Waals surface area contributed by atoms with Gasteiger partial charge in [-0.1, -0.05) is 6.07 Å². The van der Waals surface area contributed by atoms with Gasteiger partial charge in [-0.25, -0.2) is 4.98 Å². The standard InChI is InChI=1S/C15H15N3O3/c1-8-17-11-4-2-3-10(16)14(11)15(21)18(8)12-6-5-9(19)7-13(12)20/h2-4,12H,5-7,16H2,1H3/i1D,12D. The third-order valence-electron chi connectivity index (χ3n) is 3.59. The summed E-state index contributed by atoms with van der Waals surface area (Å²) in [6, 6.07) is 2.87. The summed E-state index contributed by atoms with van der Waals surface area (Å²) in [5.41, 5.74) is 5.76. The van der Waals surface area contributed by atoms with Crippen molar-refractivity contribution in [3.05, 3.63) is 34.4 Å². The van der Waals surface area contributed by atoms with Crippen molar-refractivity contribution in [2.75, 3.05) is 5.73 Å². The lowest BCUT2D eigenvalue weighted by Gasteiger charge is -2.24. The molecule has 108 valence electrons. The zero-order valence-corrected chi connectivity index (χ0v) is 11.3. The minimum atomic E-state index is -1.91. The average molecular weight is 287 g/mol. The zero-order valence-electron chi connectivity index (χ0n) is 13.3. The van der Waals surface area contributed by atoms with E-state index in [4.69, 9.17) is 8.48 Å². The minimum absolute atomic E-state index is 0.0193. The number of carbonyl (C=O) groups excluding carboxylic acids is 2. The molecule has 1 fully saturated rings. The predicted octanol–water partition coefficient (Wildman–Crippen LogP) is 1.15. The lowest BCUT2D eigenvalue weighted by molar-refractivity contribution is -0.132. The Kier molecular flexibility index (Phi) is 2.56. The average Bonchev–Trinajstić information content (AvgIpc) is 2.51. The smallest absolute Gasteiger partial charge is 0.264 e. The fourth-order valence-corrected chi connectivity index (χ4v) is 2.58. The maximum absolute atomic E-state index is 12.9. The normalized spacial score (nSPS) is 24.0. The Morgan fingerprint density at radius 3 is 2.95 bits per heavy atom. The molecule has 6 nitrogen and oxygen atoms in total. The molecule has 1 aromatic carbocycles. The Labute approximate surface area is 123 Å². The number of aryl methyl sites for hydroxylation is 1. The van der Waals surface area contributed by atoms with Crippen LogP contribution in [0.5, 0.6) is 0 Å². The van der Waals surface area contributed by atoms with Crippen LogP contribution in [0.15, 0.2) is 23.0 Å². The molecule has 1 saturated carbocycles. The van der Waals surface area contributed by atoms with Crippen LogP contribution >= 0.6 is 0 Å². The topological polar surface area (TPSA) is 95.0 Å². The maximum Gasteiger partial charge on any atom is 0.264 e. The summed E-state index contributed by atoms with van der Waals surface area (Å²) in [6.07, 6.45) is -0.436. The van der Waals surface area contributed by atoms with Gasteiger partial charge in [0, 0.05) is 13.5 Å². The quantitative estimate of drug-likeness (QED) is 0.627. The van der Waals surface area contributed by atoms with Crippen LogP contribution in [0, 0.1) is 6.90 Å². The molecule has 2 aromatic rings. The van der Waals surface area contributed by atoms with Crippen molar-refractivity contribution in [3.63, 3.8) is 0 Å². The van der Waals surface area contributed by atoms with Crippen LogP contribution in [0.25, 0.3) is 10.9 Å². The van der Waals surface area contributed by atoms with Gasteiger partial charge in [0.15, 0.2) is 5.78 Å². The molecule has 1 aromatic heterocycles. The van der Waals surface area contributed by atoms with Crippen LogP contribution in [-0.4, -0.2) is 21.1 Å². The van der Waals surface area contributed by atoms with Gasteiger partial charge in [0.2, 0.25) is 0 Å². The molecular weight excluding hydrogens is 270 g/mol. The van der Waals surface area contributed by atoms with Crippen molar-refractivity contribution >= 4 is 28.2 Å². The maximum atomic E-state index is 12.9. The first kappa shape index (κ1) is 11.2. The molecular formula is C15H15N3O3. The van der Waals surface area contributed by atoms with Gasteiger partial charge in [-0.2, -0.15) is 0 Å². The summed E-state index contributed by atoms with van der Waals surface area (Å²) in [4.78, 5) is 40.8. The Balaban J connectivity index is 2.34. The van der Waals surface area contributed by atoms with Gasteiger partial charge in [-0.05, 0) is 25.5 Å². The molecule has 0 amide bonds. The predicted molar refractivity (Wildman–Crippen MR) is 78.1 cm³/mol. The largest absolute Gasteiger partial charge is 0.398 e. The molecule has 6 heteroatoms. The van der Waals surface area contributed by atoms with Crippen molar-refractivity contribution in [3.8, 4) is 0 Å². The first-order chi connectivity index (χ1) is 10.9. The van der Waals surface area contributed by atoms with Crippen molar-refractivity contribution < 1.29 is 12.3 Å². The second-order valence-corrected chi connectivity index (χ2v) is 5.00. The first-order valence-corrected chi connectivity index (χ1v) is 6.53. The fourth-order valence-electron chi connectivity index (χ4n) is 2.58. The van der Waals surface area contributed by atoms with Gasteiger partial charge in [0.05, 0.1) is 24.7 Å². The molecule has 1 aliphatic rings. The van der Waals surface area contributed by atoms with E-state index in [-0.39, 0.29) is 48.8 Å². The number of benzene rings is 1. The monoisotopic (exact) mass is 287 g/mol. The van der Waals surface area contributed by atoms with E-state index in [1.807, 2.05) is 0 Å². The number of nitrogens with zero attached hydrogens (tertiary/aromatic N) is 2. The Morgan fingerprint density at radius 2 is 2.24 bits per heavy atom. The lowest BCUT2D eigenvalue weighted by Crippen LogP contribution is -2.36. The number of aromatic nitrogens is 2. The van der Waals surface area contributed by atoms with Crippen LogP contribution in [0.3, 0.4) is 0 Å². The number of nitrogen functional groups attached to an aromatic ring is 1. The van der Waals surface area contributed by atoms with E-state index in [0.717, 1.165) is 4.57 Å². The summed E-state index contributed by atoms with van der Waals surface area (Å²) in [5, 5.41) is 0.126. The number of rotatable bonds is 1. The number of hydrogen-bond donors (Lipinski definition) is 1. The third kappa shape index (κ3) is 2.12. The summed E-state index contributed by atoms with van der Waals surface area (Å²) in [6.45, 7) is -0.359. The Hall–Kier alpha value is -2.50. The number of nitrogens with two attached hydrogens (primary N) is 1. The van der Waals surface area contributed by atoms with E-state index >= 15 is 0 Å². The second kappa shape index (κ2) is 4.80. The molecule has 1 aliphatic carbocycles. The Morgan fingerprint density at radius 1 is 1.43 bits per heavy atom. The van der Waals surface area contributed by atoms with E-state index < -0.39 is 17.4 Å². The van der Waals surface area contributed by atoms with Gasteiger partial charge in [-0.3, -0.25) is 19.0 Å². The van der Waals surface area contributed by atoms with Gasteiger partial charge >= 0.3 is 0 Å². The highest BCUT2D eigenvalue weighted by Crippen LogP contribution is 2.24. The number of carbonyl (C=O) groups is 2. The molecule has 2 N–H and O–H groups in total. The highest BCUT2D eigenvalue weighted by atomic mass is 16.2. The van der Waals surface area contributed by atoms with Crippen LogP contribution in [0.1, 0.15) is 33.8 Å². The molecule has 1 atom stereocenters. The number of anilines is 1. The number of ketones is 2. The van der Waals surface area contributed by atoms with E-state index in [1.165, 1.54) is 0 Å². The van der Waals surface area contributed by atoms with Gasteiger partial charge < -0.3 is 5.73 Å². The summed E-state index contributed by atoms with van der Waals surface area (Å²) >= 11 is 0. The second-order valence-electron chi connectivity index (χ2n) is 5.00. The lowest BCUT2D eigenvalue weighted by atomic mass is 9.92. The molecule has 3 rings (SSSR count). The molecule has 0 spiro atoms. The van der Waals surface area contributed by atoms with Crippen molar-refractivity contribution in [1.29, 1.82) is 0 Å². The number of Topliss-reactive ketones (excluding diaryl/α,β-unsaturated/α-hetero) is 2. The highest BCUT2D eigenvalue weighted by Gasteiger charge is 2.30. The van der Waals surface area contributed by atoms with Crippen LogP contribution in [-0.2, 0) is 9.59 Å². The summed E-state index contributed by atoms with van der Waals surface area (Å²) < 4.78 is 17.0. The molecule has 1 unspecified atom stereocenters. The number of fused-ring (bicyclic) bond motifs is 1. The van der Waals surface area contributed by atoms with Crippen LogP contribution < -0.4 is 11.3 Å². The minimum Gasteiger partial charge on any atom is -0.398 e. The molecule has 1 heterocycles. The summed E-state index contributed by atoms with van der Waals surface area (Å²) in [7, 11) is 0. The van der Waals surface area contributed by atoms with Crippen molar-refractivity contribution in [2.45, 2.75) is 32.2 Å². The fraction of sp³-hybridized carbons (Fsp3) is 0.333. The van der Waals surface area contributed by atoms with Gasteiger partial charge in [0.25, 0.3) is 5.56 Å². The van der Waals surface area contributed by atoms with Gasteiger partial charge in [0.1, 0.15) is 11.6 Å². The Bertz CT molecular complexity index is 893.